The Labute approximate surface area is 148 Å². The van der Waals surface area contributed by atoms with Crippen molar-refractivity contribution in [3.8, 4) is 0 Å². The van der Waals surface area contributed by atoms with Gasteiger partial charge in [0, 0.05) is 18.4 Å². The van der Waals surface area contributed by atoms with Crippen LogP contribution in [0.15, 0.2) is 30.3 Å². The molecule has 1 saturated carbocycles. The monoisotopic (exact) mass is 349 g/mol. The predicted molar refractivity (Wildman–Crippen MR) is 93.0 cm³/mol. The summed E-state index contributed by atoms with van der Waals surface area (Å²) in [7, 11) is 0. The van der Waals surface area contributed by atoms with E-state index >= 15 is 0 Å². The molecule has 0 spiro atoms. The highest BCUT2D eigenvalue weighted by atomic mass is 16.5. The van der Waals surface area contributed by atoms with E-state index in [-0.39, 0.29) is 12.5 Å². The maximum atomic E-state index is 12.5. The van der Waals surface area contributed by atoms with Gasteiger partial charge in [-0.25, -0.2) is 4.79 Å². The van der Waals surface area contributed by atoms with E-state index in [1.165, 1.54) is 0 Å². The second-order valence-electron chi connectivity index (χ2n) is 7.01. The lowest BCUT2D eigenvalue weighted by Crippen LogP contribution is -2.76. The minimum Gasteiger partial charge on any atom is -0.479 e. The van der Waals surface area contributed by atoms with Crippen molar-refractivity contribution in [2.45, 2.75) is 58.5 Å². The molecule has 1 aromatic carbocycles. The van der Waals surface area contributed by atoms with Crippen LogP contribution >= 0.6 is 0 Å². The Balaban J connectivity index is 2.00. The number of ether oxygens (including phenoxy) is 2. The number of nitrogens with one attached hydrogen (secondary N) is 1. The smallest absolute Gasteiger partial charge is 0.330 e. The van der Waals surface area contributed by atoms with Crippen molar-refractivity contribution >= 4 is 11.9 Å². The van der Waals surface area contributed by atoms with Gasteiger partial charge in [-0.15, -0.1) is 0 Å². The van der Waals surface area contributed by atoms with E-state index in [4.69, 9.17) is 9.47 Å². The molecule has 2 rings (SSSR count). The number of amides is 1. The highest BCUT2D eigenvalue weighted by Crippen LogP contribution is 2.51. The van der Waals surface area contributed by atoms with Crippen LogP contribution in [0, 0.1) is 5.41 Å². The Kier molecular flexibility index (Phi) is 5.85. The zero-order valence-corrected chi connectivity index (χ0v) is 15.2. The Hall–Kier alpha value is -1.92. The van der Waals surface area contributed by atoms with Crippen LogP contribution in [0.4, 0.5) is 0 Å². The summed E-state index contributed by atoms with van der Waals surface area (Å²) in [5.41, 5.74) is -1.09. The summed E-state index contributed by atoms with van der Waals surface area (Å²) < 4.78 is 11.2. The summed E-state index contributed by atoms with van der Waals surface area (Å²) in [4.78, 5) is 24.4. The molecule has 3 unspecified atom stereocenters. The molecule has 0 radical (unpaired) electrons. The molecular formula is C19H27NO5. The van der Waals surface area contributed by atoms with E-state index in [1.807, 2.05) is 37.3 Å². The number of hydrogen-bond acceptors (Lipinski definition) is 4. The molecule has 0 aliphatic heterocycles. The standard InChI is InChI=1S/C19H27NO5/c1-5-24-15-11-19(17(22)23,18(15,3)4)20-16(21)13(2)25-12-14-9-7-6-8-10-14/h6-10,13,15H,5,11-12H2,1-4H3,(H,20,21)(H,22,23). The first-order valence-corrected chi connectivity index (χ1v) is 8.57. The lowest BCUT2D eigenvalue weighted by atomic mass is 9.54. The largest absolute Gasteiger partial charge is 0.479 e. The number of rotatable bonds is 8. The van der Waals surface area contributed by atoms with Crippen molar-refractivity contribution in [2.24, 2.45) is 5.41 Å². The van der Waals surface area contributed by atoms with Crippen LogP contribution in [-0.2, 0) is 25.7 Å². The number of aliphatic carboxylic acids is 1. The molecule has 1 amide bonds. The van der Waals surface area contributed by atoms with Crippen molar-refractivity contribution in [3.63, 3.8) is 0 Å². The summed E-state index contributed by atoms with van der Waals surface area (Å²) in [5, 5.41) is 12.4. The third-order valence-electron chi connectivity index (χ3n) is 5.18. The van der Waals surface area contributed by atoms with Crippen molar-refractivity contribution in [3.05, 3.63) is 35.9 Å². The molecule has 1 fully saturated rings. The van der Waals surface area contributed by atoms with E-state index in [0.29, 0.717) is 13.2 Å². The summed E-state index contributed by atoms with van der Waals surface area (Å²) in [5.74, 6) is -1.47. The normalized spacial score (nSPS) is 25.7. The highest BCUT2D eigenvalue weighted by Gasteiger charge is 2.66. The SMILES string of the molecule is CCOC1CC(NC(=O)C(C)OCc2ccccc2)(C(=O)O)C1(C)C. The molecular weight excluding hydrogens is 322 g/mol. The average Bonchev–Trinajstić information content (AvgIpc) is 2.58. The lowest BCUT2D eigenvalue weighted by molar-refractivity contribution is -0.196. The van der Waals surface area contributed by atoms with Crippen LogP contribution < -0.4 is 5.32 Å². The first-order chi connectivity index (χ1) is 11.7. The number of benzene rings is 1. The molecule has 0 aromatic heterocycles. The zero-order valence-electron chi connectivity index (χ0n) is 15.2. The number of carboxylic acids is 1. The van der Waals surface area contributed by atoms with Gasteiger partial charge < -0.3 is 19.9 Å². The molecule has 0 heterocycles. The topological polar surface area (TPSA) is 84.9 Å². The fraction of sp³-hybridized carbons (Fsp3) is 0.579. The average molecular weight is 349 g/mol. The Bertz CT molecular complexity index is 616. The van der Waals surface area contributed by atoms with Gasteiger partial charge in [-0.1, -0.05) is 44.2 Å². The van der Waals surface area contributed by atoms with Crippen LogP contribution in [0.5, 0.6) is 0 Å². The van der Waals surface area contributed by atoms with Crippen LogP contribution in [0.3, 0.4) is 0 Å². The molecule has 6 heteroatoms. The predicted octanol–water partition coefficient (Wildman–Crippen LogP) is 2.37. The Morgan fingerprint density at radius 1 is 1.32 bits per heavy atom. The van der Waals surface area contributed by atoms with E-state index < -0.39 is 28.9 Å². The van der Waals surface area contributed by atoms with Gasteiger partial charge in [0.1, 0.15) is 11.6 Å². The molecule has 1 aliphatic rings. The molecule has 1 aromatic rings. The van der Waals surface area contributed by atoms with Crippen LogP contribution in [0.2, 0.25) is 0 Å². The molecule has 6 nitrogen and oxygen atoms in total. The Morgan fingerprint density at radius 2 is 1.96 bits per heavy atom. The second-order valence-corrected chi connectivity index (χ2v) is 7.01. The third kappa shape index (κ3) is 3.70. The van der Waals surface area contributed by atoms with Gasteiger partial charge in [-0.05, 0) is 19.4 Å². The maximum absolute atomic E-state index is 12.5. The van der Waals surface area contributed by atoms with Gasteiger partial charge in [0.2, 0.25) is 5.91 Å². The van der Waals surface area contributed by atoms with E-state index in [9.17, 15) is 14.7 Å². The fourth-order valence-corrected chi connectivity index (χ4v) is 3.22. The van der Waals surface area contributed by atoms with Gasteiger partial charge >= 0.3 is 5.97 Å². The Morgan fingerprint density at radius 3 is 2.48 bits per heavy atom. The third-order valence-corrected chi connectivity index (χ3v) is 5.18. The molecule has 0 saturated heterocycles. The van der Waals surface area contributed by atoms with Gasteiger partial charge in [-0.3, -0.25) is 4.79 Å². The van der Waals surface area contributed by atoms with E-state index in [1.54, 1.807) is 20.8 Å². The molecule has 1 aliphatic carbocycles. The molecule has 138 valence electrons. The first-order valence-electron chi connectivity index (χ1n) is 8.57. The minimum absolute atomic E-state index is 0.200. The summed E-state index contributed by atoms with van der Waals surface area (Å²) >= 11 is 0. The van der Waals surface area contributed by atoms with Crippen LogP contribution in [0.1, 0.15) is 39.7 Å². The lowest BCUT2D eigenvalue weighted by Gasteiger charge is -2.58. The van der Waals surface area contributed by atoms with Crippen molar-refractivity contribution in [1.29, 1.82) is 0 Å². The van der Waals surface area contributed by atoms with E-state index in [2.05, 4.69) is 5.32 Å². The minimum atomic E-state index is -1.34. The number of carboxylic acid groups (broad SMARTS) is 1. The zero-order chi connectivity index (χ0) is 18.7. The fourth-order valence-electron chi connectivity index (χ4n) is 3.22. The van der Waals surface area contributed by atoms with Gasteiger partial charge in [-0.2, -0.15) is 0 Å². The summed E-state index contributed by atoms with van der Waals surface area (Å²) in [6, 6.07) is 9.51. The summed E-state index contributed by atoms with van der Waals surface area (Å²) in [6.07, 6.45) is -0.701. The number of carbonyl (C=O) groups excluding carboxylic acids is 1. The summed E-state index contributed by atoms with van der Waals surface area (Å²) in [6.45, 7) is 7.91. The first kappa shape index (κ1) is 19.4. The van der Waals surface area contributed by atoms with Crippen LogP contribution in [-0.4, -0.2) is 41.3 Å². The number of hydrogen-bond donors (Lipinski definition) is 2. The van der Waals surface area contributed by atoms with Crippen molar-refractivity contribution < 1.29 is 24.2 Å². The number of carbonyl (C=O) groups is 2. The maximum Gasteiger partial charge on any atom is 0.330 e. The van der Waals surface area contributed by atoms with E-state index in [0.717, 1.165) is 5.56 Å². The molecule has 25 heavy (non-hydrogen) atoms. The second kappa shape index (κ2) is 7.54. The van der Waals surface area contributed by atoms with Crippen molar-refractivity contribution in [1.82, 2.24) is 5.32 Å². The quantitative estimate of drug-likeness (QED) is 0.753. The van der Waals surface area contributed by atoms with Gasteiger partial charge in [0.15, 0.2) is 0 Å². The molecule has 0 bridgehead atoms. The van der Waals surface area contributed by atoms with Gasteiger partial charge in [0.25, 0.3) is 0 Å². The van der Waals surface area contributed by atoms with Gasteiger partial charge in [0.05, 0.1) is 12.7 Å². The van der Waals surface area contributed by atoms with Crippen molar-refractivity contribution in [2.75, 3.05) is 6.61 Å². The highest BCUT2D eigenvalue weighted by molar-refractivity contribution is 5.91. The van der Waals surface area contributed by atoms with Crippen LogP contribution in [0.25, 0.3) is 0 Å². The molecule has 2 N–H and O–H groups in total. The molecule has 3 atom stereocenters.